The van der Waals surface area contributed by atoms with E-state index >= 15 is 0 Å². The van der Waals surface area contributed by atoms with Crippen LogP contribution in [0.1, 0.15) is 80.3 Å². The van der Waals surface area contributed by atoms with Crippen LogP contribution in [0.2, 0.25) is 0 Å². The van der Waals surface area contributed by atoms with Crippen LogP contribution in [-0.2, 0) is 19.4 Å². The Morgan fingerprint density at radius 3 is 2.73 bits per heavy atom. The monoisotopic (exact) mass is 555 g/mol. The number of piperidine rings is 1. The maximum atomic E-state index is 14.5. The minimum Gasteiger partial charge on any atom is -0.461 e. The van der Waals surface area contributed by atoms with Crippen LogP contribution in [0, 0.1) is 0 Å². The SMILES string of the molecule is CCc1cccc2cccc(N3CCc4c(nc(OC[C@@]56CCCN5C[C@H](F)C6)nc4[C@@H]4C[C@H]5CC[C@@H](C4)N5)C3)c12. The van der Waals surface area contributed by atoms with Crippen molar-refractivity contribution in [3.05, 3.63) is 58.9 Å². The summed E-state index contributed by atoms with van der Waals surface area (Å²) in [6.45, 7) is 5.96. The fourth-order valence-electron chi connectivity index (χ4n) is 8.93. The number of hydrogen-bond acceptors (Lipinski definition) is 6. The number of fused-ring (bicyclic) bond motifs is 5. The number of ether oxygens (including phenoxy) is 1. The summed E-state index contributed by atoms with van der Waals surface area (Å²) in [5.41, 5.74) is 6.19. The second-order valence-corrected chi connectivity index (χ2v) is 13.3. The Balaban J connectivity index is 1.14. The van der Waals surface area contributed by atoms with Crippen molar-refractivity contribution in [1.29, 1.82) is 0 Å². The standard InChI is InChI=1S/C34H42FN5O/c1-2-22-6-3-7-23-8-4-9-30(31(22)23)39-15-12-28-29(20-39)37-33(38-32(28)24-16-26-10-11-27(17-24)36-26)41-21-34-13-5-14-40(34)19-25(35)18-34/h3-4,6-9,24-27,36H,2,5,10-21H2,1H3/t24-,25-,26-,27+,34+/m1/s1. The van der Waals surface area contributed by atoms with E-state index in [2.05, 4.69) is 58.4 Å². The van der Waals surface area contributed by atoms with E-state index in [0.29, 0.717) is 43.6 Å². The Morgan fingerprint density at radius 2 is 1.90 bits per heavy atom. The minimum absolute atomic E-state index is 0.196. The first-order valence-corrected chi connectivity index (χ1v) is 16.0. The van der Waals surface area contributed by atoms with E-state index in [1.807, 2.05) is 0 Å². The molecule has 8 rings (SSSR count). The van der Waals surface area contributed by atoms with Gasteiger partial charge in [0.05, 0.1) is 23.5 Å². The highest BCUT2D eigenvalue weighted by Gasteiger charge is 2.49. The maximum Gasteiger partial charge on any atom is 0.316 e. The summed E-state index contributed by atoms with van der Waals surface area (Å²) in [5, 5.41) is 6.47. The van der Waals surface area contributed by atoms with Crippen molar-refractivity contribution in [3.63, 3.8) is 0 Å². The molecule has 0 amide bonds. The Kier molecular flexibility index (Phi) is 6.44. The van der Waals surface area contributed by atoms with Gasteiger partial charge < -0.3 is 15.0 Å². The van der Waals surface area contributed by atoms with Crippen molar-refractivity contribution in [2.75, 3.05) is 31.1 Å². The van der Waals surface area contributed by atoms with Crippen molar-refractivity contribution in [1.82, 2.24) is 20.2 Å². The van der Waals surface area contributed by atoms with E-state index in [0.717, 1.165) is 63.9 Å². The van der Waals surface area contributed by atoms with E-state index < -0.39 is 6.17 Å². The molecule has 0 spiro atoms. The highest BCUT2D eigenvalue weighted by molar-refractivity contribution is 5.97. The van der Waals surface area contributed by atoms with Gasteiger partial charge in [-0.15, -0.1) is 0 Å². The normalized spacial score (nSPS) is 31.0. The molecule has 6 heterocycles. The lowest BCUT2D eigenvalue weighted by molar-refractivity contribution is 0.106. The predicted octanol–water partition coefficient (Wildman–Crippen LogP) is 5.71. The number of hydrogen-bond donors (Lipinski definition) is 1. The zero-order valence-corrected chi connectivity index (χ0v) is 24.2. The van der Waals surface area contributed by atoms with Gasteiger partial charge in [0.1, 0.15) is 12.8 Å². The molecule has 0 saturated carbocycles. The molecule has 1 N–H and O–H groups in total. The van der Waals surface area contributed by atoms with Gasteiger partial charge in [-0.05, 0) is 80.5 Å². The van der Waals surface area contributed by atoms with Crippen LogP contribution in [0.5, 0.6) is 6.01 Å². The van der Waals surface area contributed by atoms with Crippen LogP contribution in [0.4, 0.5) is 10.1 Å². The molecule has 2 bridgehead atoms. The predicted molar refractivity (Wildman–Crippen MR) is 161 cm³/mol. The van der Waals surface area contributed by atoms with Gasteiger partial charge in [0.25, 0.3) is 0 Å². The third-order valence-electron chi connectivity index (χ3n) is 10.9. The highest BCUT2D eigenvalue weighted by Crippen LogP contribution is 2.43. The van der Waals surface area contributed by atoms with Crippen LogP contribution in [0.3, 0.4) is 0 Å². The molecule has 1 aromatic heterocycles. The topological polar surface area (TPSA) is 53.5 Å². The molecular weight excluding hydrogens is 513 g/mol. The molecule has 6 nitrogen and oxygen atoms in total. The first kappa shape index (κ1) is 25.9. The molecule has 41 heavy (non-hydrogen) atoms. The first-order chi connectivity index (χ1) is 20.1. The second kappa shape index (κ2) is 10.2. The second-order valence-electron chi connectivity index (χ2n) is 13.3. The average Bonchev–Trinajstić information content (AvgIpc) is 3.64. The van der Waals surface area contributed by atoms with Gasteiger partial charge in [0.2, 0.25) is 0 Å². The van der Waals surface area contributed by atoms with Gasteiger partial charge in [-0.2, -0.15) is 9.97 Å². The molecule has 0 radical (unpaired) electrons. The molecule has 4 saturated heterocycles. The molecule has 0 unspecified atom stereocenters. The molecule has 2 aromatic carbocycles. The lowest BCUT2D eigenvalue weighted by Gasteiger charge is -2.35. The quantitative estimate of drug-likeness (QED) is 0.421. The van der Waals surface area contributed by atoms with E-state index in [9.17, 15) is 4.39 Å². The fraction of sp³-hybridized carbons (Fsp3) is 0.588. The van der Waals surface area contributed by atoms with E-state index in [4.69, 9.17) is 14.7 Å². The summed E-state index contributed by atoms with van der Waals surface area (Å²) in [7, 11) is 0. The molecule has 5 aliphatic rings. The van der Waals surface area contributed by atoms with Crippen molar-refractivity contribution < 1.29 is 9.13 Å². The number of aryl methyl sites for hydroxylation is 1. The van der Waals surface area contributed by atoms with Crippen molar-refractivity contribution >= 4 is 16.5 Å². The smallest absolute Gasteiger partial charge is 0.316 e. The number of nitrogens with one attached hydrogen (secondary N) is 1. The van der Waals surface area contributed by atoms with Crippen LogP contribution in [0.25, 0.3) is 10.8 Å². The molecule has 0 aliphatic carbocycles. The molecule has 3 aromatic rings. The van der Waals surface area contributed by atoms with E-state index in [1.165, 1.54) is 46.1 Å². The number of aromatic nitrogens is 2. The molecule has 7 heteroatoms. The number of rotatable bonds is 6. The van der Waals surface area contributed by atoms with E-state index in [-0.39, 0.29) is 5.54 Å². The van der Waals surface area contributed by atoms with Crippen molar-refractivity contribution in [3.8, 4) is 6.01 Å². The van der Waals surface area contributed by atoms with Crippen LogP contribution in [0.15, 0.2) is 36.4 Å². The first-order valence-electron chi connectivity index (χ1n) is 16.0. The number of nitrogens with zero attached hydrogens (tertiary/aromatic N) is 4. The summed E-state index contributed by atoms with van der Waals surface area (Å²) in [6.07, 6.45) is 8.73. The highest BCUT2D eigenvalue weighted by atomic mass is 19.1. The van der Waals surface area contributed by atoms with Gasteiger partial charge in [-0.1, -0.05) is 37.3 Å². The van der Waals surface area contributed by atoms with Gasteiger partial charge in [-0.3, -0.25) is 4.90 Å². The zero-order valence-electron chi connectivity index (χ0n) is 24.2. The summed E-state index contributed by atoms with van der Waals surface area (Å²) in [5.74, 6) is 0.450. The molecule has 4 fully saturated rings. The lowest BCUT2D eigenvalue weighted by atomic mass is 9.85. The third kappa shape index (κ3) is 4.51. The maximum absolute atomic E-state index is 14.5. The molecule has 5 atom stereocenters. The van der Waals surface area contributed by atoms with Gasteiger partial charge in [0, 0.05) is 48.6 Å². The Morgan fingerprint density at radius 1 is 1.07 bits per heavy atom. The summed E-state index contributed by atoms with van der Waals surface area (Å²) < 4.78 is 20.9. The third-order valence-corrected chi connectivity index (χ3v) is 10.9. The lowest BCUT2D eigenvalue weighted by Crippen LogP contribution is -2.43. The number of anilines is 1. The minimum atomic E-state index is -0.758. The van der Waals surface area contributed by atoms with Gasteiger partial charge >= 0.3 is 6.01 Å². The summed E-state index contributed by atoms with van der Waals surface area (Å²) >= 11 is 0. The Hall–Kier alpha value is -2.77. The largest absolute Gasteiger partial charge is 0.461 e. The number of alkyl halides is 1. The average molecular weight is 556 g/mol. The van der Waals surface area contributed by atoms with Crippen LogP contribution in [-0.4, -0.2) is 64.9 Å². The van der Waals surface area contributed by atoms with Gasteiger partial charge in [-0.25, -0.2) is 4.39 Å². The fourth-order valence-corrected chi connectivity index (χ4v) is 8.93. The van der Waals surface area contributed by atoms with Crippen molar-refractivity contribution in [2.24, 2.45) is 0 Å². The zero-order chi connectivity index (χ0) is 27.6. The molecule has 5 aliphatic heterocycles. The number of halogens is 1. The number of benzene rings is 2. The van der Waals surface area contributed by atoms with Crippen LogP contribution >= 0.6 is 0 Å². The van der Waals surface area contributed by atoms with Crippen molar-refractivity contribution in [2.45, 2.75) is 101 Å². The molecular formula is C34H42FN5O. The Bertz CT molecular complexity index is 1450. The van der Waals surface area contributed by atoms with Gasteiger partial charge in [0.15, 0.2) is 0 Å². The Labute approximate surface area is 242 Å². The molecule has 216 valence electrons. The van der Waals surface area contributed by atoms with Crippen LogP contribution < -0.4 is 15.0 Å². The van der Waals surface area contributed by atoms with E-state index in [1.54, 1.807) is 0 Å². The summed E-state index contributed by atoms with van der Waals surface area (Å²) in [4.78, 5) is 15.1. The summed E-state index contributed by atoms with van der Waals surface area (Å²) in [6, 6.07) is 15.0.